The minimum absolute atomic E-state index is 0.0790. The Balaban J connectivity index is 2.36. The molecule has 0 saturated heterocycles. The van der Waals surface area contributed by atoms with Gasteiger partial charge in [-0.25, -0.2) is 0 Å². The number of nitrogens with one attached hydrogen (secondary N) is 1. The molecule has 110 valence electrons. The van der Waals surface area contributed by atoms with E-state index in [0.717, 1.165) is 25.2 Å². The Morgan fingerprint density at radius 2 is 2.05 bits per heavy atom. The van der Waals surface area contributed by atoms with Crippen molar-refractivity contribution in [1.82, 2.24) is 20.1 Å². The number of rotatable bonds is 8. The Morgan fingerprint density at radius 1 is 1.37 bits per heavy atom. The standard InChI is InChI=1S/C14H28N4O/c1-11(2)18-10-16-17-13(18)7-8-15-12(3)9-14(4,5)19-6/h10-12,15H,7-9H2,1-6H3. The van der Waals surface area contributed by atoms with Crippen LogP contribution in [0.15, 0.2) is 6.33 Å². The zero-order valence-corrected chi connectivity index (χ0v) is 13.1. The molecule has 1 atom stereocenters. The highest BCUT2D eigenvalue weighted by atomic mass is 16.5. The van der Waals surface area contributed by atoms with Crippen LogP contribution in [0.2, 0.25) is 0 Å². The van der Waals surface area contributed by atoms with Gasteiger partial charge in [0.25, 0.3) is 0 Å². The summed E-state index contributed by atoms with van der Waals surface area (Å²) in [6.45, 7) is 11.6. The van der Waals surface area contributed by atoms with Gasteiger partial charge >= 0.3 is 0 Å². The third kappa shape index (κ3) is 5.28. The smallest absolute Gasteiger partial charge is 0.134 e. The summed E-state index contributed by atoms with van der Waals surface area (Å²) in [4.78, 5) is 0. The molecule has 0 aliphatic heterocycles. The zero-order valence-electron chi connectivity index (χ0n) is 13.1. The number of aromatic nitrogens is 3. The second-order valence-electron chi connectivity index (χ2n) is 6.02. The molecule has 19 heavy (non-hydrogen) atoms. The number of ether oxygens (including phenoxy) is 1. The summed E-state index contributed by atoms with van der Waals surface area (Å²) in [7, 11) is 1.76. The van der Waals surface area contributed by atoms with Crippen molar-refractivity contribution in [1.29, 1.82) is 0 Å². The van der Waals surface area contributed by atoms with E-state index in [-0.39, 0.29) is 5.60 Å². The van der Waals surface area contributed by atoms with Crippen LogP contribution < -0.4 is 5.32 Å². The van der Waals surface area contributed by atoms with Gasteiger partial charge in [-0.2, -0.15) is 0 Å². The first-order valence-corrected chi connectivity index (χ1v) is 7.02. The van der Waals surface area contributed by atoms with Crippen LogP contribution in [0.4, 0.5) is 0 Å². The average Bonchev–Trinajstić information content (AvgIpc) is 2.77. The first-order valence-electron chi connectivity index (χ1n) is 7.02. The van der Waals surface area contributed by atoms with Gasteiger partial charge in [-0.3, -0.25) is 0 Å². The second-order valence-corrected chi connectivity index (χ2v) is 6.02. The van der Waals surface area contributed by atoms with E-state index in [9.17, 15) is 0 Å². The highest BCUT2D eigenvalue weighted by Gasteiger charge is 2.19. The van der Waals surface area contributed by atoms with E-state index in [1.54, 1.807) is 13.4 Å². The SMILES string of the molecule is COC(C)(C)CC(C)NCCc1nncn1C(C)C. The highest BCUT2D eigenvalue weighted by molar-refractivity contribution is 4.89. The van der Waals surface area contributed by atoms with E-state index in [1.165, 1.54) is 0 Å². The van der Waals surface area contributed by atoms with Gasteiger partial charge in [0, 0.05) is 32.2 Å². The highest BCUT2D eigenvalue weighted by Crippen LogP contribution is 2.15. The van der Waals surface area contributed by atoms with Gasteiger partial charge in [0.15, 0.2) is 0 Å². The summed E-state index contributed by atoms with van der Waals surface area (Å²) >= 11 is 0. The van der Waals surface area contributed by atoms with Crippen LogP contribution in [0, 0.1) is 0 Å². The molecule has 0 radical (unpaired) electrons. The lowest BCUT2D eigenvalue weighted by Crippen LogP contribution is -2.36. The number of hydrogen-bond donors (Lipinski definition) is 1. The molecule has 1 heterocycles. The predicted molar refractivity (Wildman–Crippen MR) is 77.3 cm³/mol. The maximum absolute atomic E-state index is 5.44. The van der Waals surface area contributed by atoms with Crippen molar-refractivity contribution in [3.8, 4) is 0 Å². The topological polar surface area (TPSA) is 52.0 Å². The lowest BCUT2D eigenvalue weighted by atomic mass is 10.00. The minimum Gasteiger partial charge on any atom is -0.379 e. The number of nitrogens with zero attached hydrogens (tertiary/aromatic N) is 3. The van der Waals surface area contributed by atoms with E-state index in [1.807, 2.05) is 0 Å². The Hall–Kier alpha value is -0.940. The van der Waals surface area contributed by atoms with E-state index >= 15 is 0 Å². The van der Waals surface area contributed by atoms with Gasteiger partial charge < -0.3 is 14.6 Å². The number of methoxy groups -OCH3 is 1. The molecular weight excluding hydrogens is 240 g/mol. The van der Waals surface area contributed by atoms with Gasteiger partial charge in [-0.05, 0) is 41.0 Å². The van der Waals surface area contributed by atoms with Gasteiger partial charge in [0.2, 0.25) is 0 Å². The normalized spacial score (nSPS) is 14.1. The molecule has 0 aliphatic rings. The molecule has 0 aromatic carbocycles. The first-order chi connectivity index (χ1) is 8.85. The largest absolute Gasteiger partial charge is 0.379 e. The molecule has 1 aromatic rings. The lowest BCUT2D eigenvalue weighted by Gasteiger charge is -2.27. The molecule has 0 fully saturated rings. The fourth-order valence-corrected chi connectivity index (χ4v) is 2.20. The van der Waals surface area contributed by atoms with Crippen LogP contribution in [-0.4, -0.2) is 40.1 Å². The molecule has 0 aliphatic carbocycles. The Bertz CT molecular complexity index is 373. The summed E-state index contributed by atoms with van der Waals surface area (Å²) in [5.74, 6) is 1.04. The first kappa shape index (κ1) is 16.1. The zero-order chi connectivity index (χ0) is 14.5. The molecule has 1 aromatic heterocycles. The molecule has 1 unspecified atom stereocenters. The molecule has 5 heteroatoms. The van der Waals surface area contributed by atoms with Crippen molar-refractivity contribution in [3.05, 3.63) is 12.2 Å². The van der Waals surface area contributed by atoms with Crippen molar-refractivity contribution in [2.24, 2.45) is 0 Å². The van der Waals surface area contributed by atoms with Crippen molar-refractivity contribution in [2.45, 2.75) is 65.1 Å². The average molecular weight is 268 g/mol. The van der Waals surface area contributed by atoms with Crippen LogP contribution in [0.5, 0.6) is 0 Å². The summed E-state index contributed by atoms with van der Waals surface area (Å²) in [5, 5.41) is 11.7. The van der Waals surface area contributed by atoms with Crippen molar-refractivity contribution >= 4 is 0 Å². The Labute approximate surface area is 116 Å². The van der Waals surface area contributed by atoms with Crippen LogP contribution in [0.25, 0.3) is 0 Å². The third-order valence-electron chi connectivity index (χ3n) is 3.40. The van der Waals surface area contributed by atoms with Crippen LogP contribution in [0.1, 0.15) is 52.9 Å². The summed E-state index contributed by atoms with van der Waals surface area (Å²) in [5.41, 5.74) is -0.0790. The summed E-state index contributed by atoms with van der Waals surface area (Å²) in [6, 6.07) is 0.834. The molecule has 0 bridgehead atoms. The van der Waals surface area contributed by atoms with Crippen LogP contribution in [-0.2, 0) is 11.2 Å². The van der Waals surface area contributed by atoms with Crippen molar-refractivity contribution in [3.63, 3.8) is 0 Å². The van der Waals surface area contributed by atoms with Crippen molar-refractivity contribution < 1.29 is 4.74 Å². The van der Waals surface area contributed by atoms with Crippen LogP contribution >= 0.6 is 0 Å². The molecule has 0 spiro atoms. The minimum atomic E-state index is -0.0790. The number of hydrogen-bond acceptors (Lipinski definition) is 4. The second kappa shape index (κ2) is 7.01. The molecule has 0 amide bonds. The van der Waals surface area contributed by atoms with E-state index in [4.69, 9.17) is 4.74 Å². The predicted octanol–water partition coefficient (Wildman–Crippen LogP) is 2.19. The monoisotopic (exact) mass is 268 g/mol. The quantitative estimate of drug-likeness (QED) is 0.785. The molecular formula is C14H28N4O. The van der Waals surface area contributed by atoms with Gasteiger partial charge in [-0.15, -0.1) is 10.2 Å². The third-order valence-corrected chi connectivity index (χ3v) is 3.40. The Morgan fingerprint density at radius 3 is 2.63 bits per heavy atom. The molecule has 1 N–H and O–H groups in total. The summed E-state index contributed by atoms with van der Waals surface area (Å²) < 4.78 is 7.56. The van der Waals surface area contributed by atoms with E-state index in [0.29, 0.717) is 12.1 Å². The fraction of sp³-hybridized carbons (Fsp3) is 0.857. The van der Waals surface area contributed by atoms with Crippen molar-refractivity contribution in [2.75, 3.05) is 13.7 Å². The molecule has 1 rings (SSSR count). The molecule has 5 nitrogen and oxygen atoms in total. The summed E-state index contributed by atoms with van der Waals surface area (Å²) in [6.07, 6.45) is 3.69. The van der Waals surface area contributed by atoms with Gasteiger partial charge in [-0.1, -0.05) is 0 Å². The van der Waals surface area contributed by atoms with Crippen LogP contribution in [0.3, 0.4) is 0 Å². The fourth-order valence-electron chi connectivity index (χ4n) is 2.20. The lowest BCUT2D eigenvalue weighted by molar-refractivity contribution is 0.00864. The van der Waals surface area contributed by atoms with Gasteiger partial charge in [0.1, 0.15) is 12.2 Å². The van der Waals surface area contributed by atoms with Gasteiger partial charge in [0.05, 0.1) is 5.60 Å². The maximum atomic E-state index is 5.44. The van der Waals surface area contributed by atoms with E-state index < -0.39 is 0 Å². The molecule has 0 saturated carbocycles. The Kier molecular flexibility index (Phi) is 5.94. The maximum Gasteiger partial charge on any atom is 0.134 e. The van der Waals surface area contributed by atoms with E-state index in [2.05, 4.69) is 54.7 Å².